The summed E-state index contributed by atoms with van der Waals surface area (Å²) >= 11 is 0. The molecule has 1 aromatic heterocycles. The normalized spacial score (nSPS) is 15.4. The number of nitrogens with zero attached hydrogens (tertiary/aromatic N) is 3. The summed E-state index contributed by atoms with van der Waals surface area (Å²) in [6.45, 7) is 3.76. The van der Waals surface area contributed by atoms with Crippen molar-refractivity contribution in [2.75, 3.05) is 40.3 Å². The molecular formula is C18H25N4O3+. The van der Waals surface area contributed by atoms with Crippen LogP contribution < -0.4 is 9.64 Å². The van der Waals surface area contributed by atoms with Crippen LogP contribution in [0.2, 0.25) is 0 Å². The second-order valence-corrected chi connectivity index (χ2v) is 6.43. The quantitative estimate of drug-likeness (QED) is 0.822. The first-order valence-electron chi connectivity index (χ1n) is 8.72. The smallest absolute Gasteiger partial charge is 0.226 e. The molecule has 0 bridgehead atoms. The standard InChI is InChI=1S/C18H24N4O3/c1-21-10-12-22(13-11-21)17(23)5-3-4-16-19-18(20-25-16)14-6-8-15(24-2)9-7-14/h6-9H,3-5,10-13H2,1-2H3/p+1. The summed E-state index contributed by atoms with van der Waals surface area (Å²) < 4.78 is 10.4. The summed E-state index contributed by atoms with van der Waals surface area (Å²) in [5.41, 5.74) is 0.881. The number of benzene rings is 1. The van der Waals surface area contributed by atoms with Crippen LogP contribution in [-0.4, -0.2) is 61.3 Å². The van der Waals surface area contributed by atoms with Gasteiger partial charge in [0.2, 0.25) is 17.6 Å². The minimum absolute atomic E-state index is 0.224. The third kappa shape index (κ3) is 4.57. The number of methoxy groups -OCH3 is 1. The summed E-state index contributed by atoms with van der Waals surface area (Å²) in [5.74, 6) is 2.14. The first kappa shape index (κ1) is 17.4. The lowest BCUT2D eigenvalue weighted by Gasteiger charge is -2.30. The van der Waals surface area contributed by atoms with E-state index < -0.39 is 0 Å². The molecule has 2 heterocycles. The van der Waals surface area contributed by atoms with Crippen LogP contribution in [0.4, 0.5) is 0 Å². The summed E-state index contributed by atoms with van der Waals surface area (Å²) in [4.78, 5) is 20.1. The second kappa shape index (κ2) is 8.11. The number of carbonyl (C=O) groups is 1. The van der Waals surface area contributed by atoms with Crippen molar-refractivity contribution in [3.63, 3.8) is 0 Å². The zero-order valence-corrected chi connectivity index (χ0v) is 14.8. The Labute approximate surface area is 147 Å². The summed E-state index contributed by atoms with van der Waals surface area (Å²) in [6, 6.07) is 7.52. The average Bonchev–Trinajstić information content (AvgIpc) is 3.11. The van der Waals surface area contributed by atoms with E-state index in [9.17, 15) is 4.79 Å². The number of hydrogen-bond donors (Lipinski definition) is 1. The number of amides is 1. The number of aryl methyl sites for hydroxylation is 1. The van der Waals surface area contributed by atoms with Crippen molar-refractivity contribution in [1.29, 1.82) is 0 Å². The van der Waals surface area contributed by atoms with Crippen LogP contribution in [0, 0.1) is 0 Å². The first-order valence-corrected chi connectivity index (χ1v) is 8.72. The molecule has 0 spiro atoms. The molecule has 1 aliphatic heterocycles. The summed E-state index contributed by atoms with van der Waals surface area (Å²) in [6.07, 6.45) is 1.87. The highest BCUT2D eigenvalue weighted by Gasteiger charge is 2.21. The molecule has 25 heavy (non-hydrogen) atoms. The minimum atomic E-state index is 0.224. The Hall–Kier alpha value is -2.41. The Morgan fingerprint density at radius 3 is 2.68 bits per heavy atom. The molecule has 0 atom stereocenters. The van der Waals surface area contributed by atoms with E-state index in [0.29, 0.717) is 24.6 Å². The van der Waals surface area contributed by atoms with Gasteiger partial charge in [-0.1, -0.05) is 5.16 Å². The monoisotopic (exact) mass is 345 g/mol. The van der Waals surface area contributed by atoms with Crippen molar-refractivity contribution < 1.29 is 19.0 Å². The largest absolute Gasteiger partial charge is 0.497 e. The van der Waals surface area contributed by atoms with Gasteiger partial charge in [0, 0.05) is 18.4 Å². The fraction of sp³-hybridized carbons (Fsp3) is 0.500. The first-order chi connectivity index (χ1) is 12.2. The Kier molecular flexibility index (Phi) is 5.65. The van der Waals surface area contributed by atoms with Gasteiger partial charge in [-0.15, -0.1) is 0 Å². The molecule has 0 radical (unpaired) electrons. The highest BCUT2D eigenvalue weighted by Crippen LogP contribution is 2.20. The number of likely N-dealkylation sites (N-methyl/N-ethyl adjacent to an activating group) is 1. The molecule has 1 aliphatic rings. The number of piperazine rings is 1. The molecule has 1 N–H and O–H groups in total. The van der Waals surface area contributed by atoms with Gasteiger partial charge in [-0.2, -0.15) is 4.98 Å². The van der Waals surface area contributed by atoms with Crippen molar-refractivity contribution in [3.05, 3.63) is 30.2 Å². The third-order valence-electron chi connectivity index (χ3n) is 4.57. The van der Waals surface area contributed by atoms with Gasteiger partial charge in [-0.05, 0) is 30.7 Å². The molecule has 3 rings (SSSR count). The summed E-state index contributed by atoms with van der Waals surface area (Å²) in [7, 11) is 3.80. The molecule has 134 valence electrons. The van der Waals surface area contributed by atoms with Gasteiger partial charge in [0.1, 0.15) is 5.75 Å². The van der Waals surface area contributed by atoms with E-state index >= 15 is 0 Å². The van der Waals surface area contributed by atoms with E-state index in [2.05, 4.69) is 17.2 Å². The fourth-order valence-electron chi connectivity index (χ4n) is 2.90. The van der Waals surface area contributed by atoms with Gasteiger partial charge in [-0.3, -0.25) is 4.79 Å². The highest BCUT2D eigenvalue weighted by atomic mass is 16.5. The summed E-state index contributed by atoms with van der Waals surface area (Å²) in [5, 5.41) is 4.01. The van der Waals surface area contributed by atoms with Crippen LogP contribution in [0.15, 0.2) is 28.8 Å². The number of aromatic nitrogens is 2. The van der Waals surface area contributed by atoms with E-state index in [4.69, 9.17) is 9.26 Å². The zero-order chi connectivity index (χ0) is 17.6. The zero-order valence-electron chi connectivity index (χ0n) is 14.8. The maximum Gasteiger partial charge on any atom is 0.226 e. The highest BCUT2D eigenvalue weighted by molar-refractivity contribution is 5.76. The molecule has 7 heteroatoms. The molecule has 0 aliphatic carbocycles. The molecule has 1 amide bonds. The number of ether oxygens (including phenoxy) is 1. The number of hydrogen-bond acceptors (Lipinski definition) is 5. The Bertz CT molecular complexity index is 691. The number of rotatable bonds is 6. The lowest BCUT2D eigenvalue weighted by Crippen LogP contribution is -3.12. The minimum Gasteiger partial charge on any atom is -0.497 e. The van der Waals surface area contributed by atoms with E-state index in [1.54, 1.807) is 7.11 Å². The lowest BCUT2D eigenvalue weighted by molar-refractivity contribution is -0.883. The SMILES string of the molecule is COc1ccc(-c2noc(CCCC(=O)N3CC[NH+](C)CC3)n2)cc1. The van der Waals surface area contributed by atoms with E-state index in [1.807, 2.05) is 29.2 Å². The molecule has 2 aromatic rings. The molecule has 1 aromatic carbocycles. The lowest BCUT2D eigenvalue weighted by atomic mass is 10.2. The van der Waals surface area contributed by atoms with Gasteiger partial charge in [0.25, 0.3) is 0 Å². The van der Waals surface area contributed by atoms with E-state index in [0.717, 1.165) is 43.9 Å². The molecule has 0 saturated carbocycles. The second-order valence-electron chi connectivity index (χ2n) is 6.43. The van der Waals surface area contributed by atoms with Crippen molar-refractivity contribution in [2.45, 2.75) is 19.3 Å². The van der Waals surface area contributed by atoms with Gasteiger partial charge in [0.05, 0.1) is 40.3 Å². The van der Waals surface area contributed by atoms with Gasteiger partial charge in [0.15, 0.2) is 0 Å². The number of carbonyl (C=O) groups excluding carboxylic acids is 1. The Morgan fingerprint density at radius 1 is 1.28 bits per heavy atom. The molecule has 1 saturated heterocycles. The van der Waals surface area contributed by atoms with Crippen LogP contribution in [0.5, 0.6) is 5.75 Å². The third-order valence-corrected chi connectivity index (χ3v) is 4.57. The van der Waals surface area contributed by atoms with Crippen molar-refractivity contribution in [1.82, 2.24) is 15.0 Å². The van der Waals surface area contributed by atoms with Gasteiger partial charge >= 0.3 is 0 Å². The van der Waals surface area contributed by atoms with Crippen molar-refractivity contribution >= 4 is 5.91 Å². The molecular weight excluding hydrogens is 320 g/mol. The number of quaternary nitrogens is 1. The van der Waals surface area contributed by atoms with Crippen LogP contribution in [0.1, 0.15) is 18.7 Å². The molecule has 0 unspecified atom stereocenters. The fourth-order valence-corrected chi connectivity index (χ4v) is 2.90. The molecule has 1 fully saturated rings. The van der Waals surface area contributed by atoms with Gasteiger partial charge < -0.3 is 19.1 Å². The van der Waals surface area contributed by atoms with Crippen LogP contribution in [-0.2, 0) is 11.2 Å². The van der Waals surface area contributed by atoms with Crippen LogP contribution >= 0.6 is 0 Å². The van der Waals surface area contributed by atoms with E-state index in [-0.39, 0.29) is 5.91 Å². The van der Waals surface area contributed by atoms with Crippen LogP contribution in [0.25, 0.3) is 11.4 Å². The predicted octanol–water partition coefficient (Wildman–Crippen LogP) is 0.425. The van der Waals surface area contributed by atoms with Crippen LogP contribution in [0.3, 0.4) is 0 Å². The Balaban J connectivity index is 1.47. The number of nitrogens with one attached hydrogen (secondary N) is 1. The average molecular weight is 345 g/mol. The Morgan fingerprint density at radius 2 is 2.00 bits per heavy atom. The topological polar surface area (TPSA) is 72.9 Å². The predicted molar refractivity (Wildman–Crippen MR) is 92.4 cm³/mol. The maximum absolute atomic E-state index is 12.2. The maximum atomic E-state index is 12.2. The molecule has 7 nitrogen and oxygen atoms in total. The van der Waals surface area contributed by atoms with Crippen molar-refractivity contribution in [3.8, 4) is 17.1 Å². The van der Waals surface area contributed by atoms with E-state index in [1.165, 1.54) is 4.90 Å². The van der Waals surface area contributed by atoms with Crippen molar-refractivity contribution in [2.24, 2.45) is 0 Å². The van der Waals surface area contributed by atoms with Gasteiger partial charge in [-0.25, -0.2) is 0 Å².